The van der Waals surface area contributed by atoms with Crippen molar-refractivity contribution < 1.29 is 21.2 Å². The second-order valence-corrected chi connectivity index (χ2v) is 8.64. The summed E-state index contributed by atoms with van der Waals surface area (Å²) in [6.45, 7) is 0.0130. The van der Waals surface area contributed by atoms with Crippen molar-refractivity contribution in [2.24, 2.45) is 5.14 Å². The van der Waals surface area contributed by atoms with Crippen LogP contribution in [0.15, 0.2) is 52.3 Å². The number of hydrogen-bond donors (Lipinski definition) is 2. The van der Waals surface area contributed by atoms with Gasteiger partial charge in [-0.05, 0) is 42.3 Å². The zero-order valence-electron chi connectivity index (χ0n) is 12.2. The van der Waals surface area contributed by atoms with E-state index in [0.717, 1.165) is 12.1 Å². The molecular formula is C14H14ClFN2O4S2. The van der Waals surface area contributed by atoms with Gasteiger partial charge >= 0.3 is 0 Å². The Kier molecular flexibility index (Phi) is 5.61. The predicted octanol–water partition coefficient (Wildman–Crippen LogP) is 1.65. The smallest absolute Gasteiger partial charge is 0.225 e. The van der Waals surface area contributed by atoms with Crippen molar-refractivity contribution in [3.63, 3.8) is 0 Å². The first-order valence-electron chi connectivity index (χ1n) is 6.66. The van der Waals surface area contributed by atoms with Gasteiger partial charge in [0.25, 0.3) is 0 Å². The lowest BCUT2D eigenvalue weighted by molar-refractivity contribution is 0.557. The van der Waals surface area contributed by atoms with Crippen LogP contribution in [0, 0.1) is 5.82 Å². The Hall–Kier alpha value is -1.52. The Bertz CT molecular complexity index is 945. The van der Waals surface area contributed by atoms with Gasteiger partial charge in [-0.1, -0.05) is 23.7 Å². The molecule has 2 aromatic carbocycles. The molecule has 0 spiro atoms. The molecular weight excluding hydrogens is 379 g/mol. The summed E-state index contributed by atoms with van der Waals surface area (Å²) in [4.78, 5) is -0.522. The molecule has 0 aliphatic carbocycles. The average molecular weight is 393 g/mol. The molecule has 0 heterocycles. The molecule has 6 nitrogen and oxygen atoms in total. The summed E-state index contributed by atoms with van der Waals surface area (Å²) >= 11 is 5.59. The number of sulfonamides is 2. The molecule has 0 saturated heterocycles. The van der Waals surface area contributed by atoms with Crippen LogP contribution in [0.3, 0.4) is 0 Å². The molecule has 130 valence electrons. The fourth-order valence-electron chi connectivity index (χ4n) is 1.95. The lowest BCUT2D eigenvalue weighted by Crippen LogP contribution is -2.26. The maximum atomic E-state index is 13.7. The summed E-state index contributed by atoms with van der Waals surface area (Å²) in [6, 6.07) is 9.00. The molecule has 0 aromatic heterocycles. The quantitative estimate of drug-likeness (QED) is 0.779. The molecule has 0 unspecified atom stereocenters. The molecule has 0 bridgehead atoms. The molecule has 3 N–H and O–H groups in total. The van der Waals surface area contributed by atoms with E-state index in [4.69, 9.17) is 16.7 Å². The number of rotatable bonds is 6. The van der Waals surface area contributed by atoms with E-state index in [0.29, 0.717) is 12.0 Å². The largest absolute Gasteiger partial charge is 0.243 e. The van der Waals surface area contributed by atoms with E-state index in [1.54, 1.807) is 0 Å². The summed E-state index contributed by atoms with van der Waals surface area (Å²) in [5.41, 5.74) is 0.696. The molecule has 10 heteroatoms. The summed E-state index contributed by atoms with van der Waals surface area (Å²) in [5.74, 6) is -0.937. The number of hydrogen-bond acceptors (Lipinski definition) is 4. The number of primary sulfonamides is 1. The van der Waals surface area contributed by atoms with Crippen LogP contribution < -0.4 is 9.86 Å². The topological polar surface area (TPSA) is 106 Å². The van der Waals surface area contributed by atoms with Crippen LogP contribution in [0.1, 0.15) is 5.56 Å². The Morgan fingerprint density at radius 2 is 1.67 bits per heavy atom. The van der Waals surface area contributed by atoms with Crippen LogP contribution in [0.4, 0.5) is 4.39 Å². The van der Waals surface area contributed by atoms with Crippen molar-refractivity contribution in [2.75, 3.05) is 6.54 Å². The Balaban J connectivity index is 2.03. The summed E-state index contributed by atoms with van der Waals surface area (Å²) in [7, 11) is -7.78. The fourth-order valence-corrected chi connectivity index (χ4v) is 3.71. The van der Waals surface area contributed by atoms with Crippen molar-refractivity contribution in [3.8, 4) is 0 Å². The van der Waals surface area contributed by atoms with Gasteiger partial charge in [0, 0.05) is 11.6 Å². The highest BCUT2D eigenvalue weighted by atomic mass is 35.5. The van der Waals surface area contributed by atoms with Gasteiger partial charge < -0.3 is 0 Å². The second kappa shape index (κ2) is 7.16. The minimum atomic E-state index is -4.01. The van der Waals surface area contributed by atoms with Gasteiger partial charge in [-0.3, -0.25) is 0 Å². The highest BCUT2D eigenvalue weighted by molar-refractivity contribution is 7.89. The van der Waals surface area contributed by atoms with E-state index in [2.05, 4.69) is 4.72 Å². The van der Waals surface area contributed by atoms with Gasteiger partial charge in [0.1, 0.15) is 10.7 Å². The van der Waals surface area contributed by atoms with Crippen LogP contribution in [0.5, 0.6) is 0 Å². The molecule has 0 amide bonds. The summed E-state index contributed by atoms with van der Waals surface area (Å²) in [6.07, 6.45) is 0.291. The van der Waals surface area contributed by atoms with Gasteiger partial charge in [-0.15, -0.1) is 0 Å². The van der Waals surface area contributed by atoms with Crippen LogP contribution in [0.25, 0.3) is 0 Å². The van der Waals surface area contributed by atoms with E-state index < -0.39 is 30.8 Å². The second-order valence-electron chi connectivity index (χ2n) is 4.91. The monoisotopic (exact) mass is 392 g/mol. The van der Waals surface area contributed by atoms with Crippen molar-refractivity contribution >= 4 is 31.6 Å². The molecule has 0 fully saturated rings. The van der Waals surface area contributed by atoms with Crippen LogP contribution in [-0.4, -0.2) is 23.4 Å². The predicted molar refractivity (Wildman–Crippen MR) is 88.1 cm³/mol. The molecule has 2 rings (SSSR count). The molecule has 0 saturated carbocycles. The first-order chi connectivity index (χ1) is 11.1. The van der Waals surface area contributed by atoms with Crippen molar-refractivity contribution in [2.45, 2.75) is 16.2 Å². The lowest BCUT2D eigenvalue weighted by atomic mass is 10.2. The standard InChI is InChI=1S/C14H14ClFN2O4S2/c15-11-3-6-14(13(16)9-11)24(21,22)18-8-7-10-1-4-12(5-2-10)23(17,19)20/h1-6,9,18H,7-8H2,(H2,17,19,20). The Morgan fingerprint density at radius 1 is 1.04 bits per heavy atom. The first-order valence-corrected chi connectivity index (χ1v) is 10.1. The SMILES string of the molecule is NS(=O)(=O)c1ccc(CCNS(=O)(=O)c2ccc(Cl)cc2F)cc1. The van der Waals surface area contributed by atoms with Gasteiger partial charge in [-0.25, -0.2) is 31.1 Å². The van der Waals surface area contributed by atoms with Crippen molar-refractivity contribution in [3.05, 3.63) is 58.9 Å². The van der Waals surface area contributed by atoms with E-state index in [-0.39, 0.29) is 16.5 Å². The van der Waals surface area contributed by atoms with E-state index >= 15 is 0 Å². The van der Waals surface area contributed by atoms with Crippen LogP contribution in [0.2, 0.25) is 5.02 Å². The maximum absolute atomic E-state index is 13.7. The number of halogens is 2. The minimum Gasteiger partial charge on any atom is -0.225 e. The van der Waals surface area contributed by atoms with E-state index in [9.17, 15) is 21.2 Å². The van der Waals surface area contributed by atoms with Crippen molar-refractivity contribution in [1.82, 2.24) is 4.72 Å². The number of nitrogens with two attached hydrogens (primary N) is 1. The molecule has 0 aliphatic heterocycles. The van der Waals surface area contributed by atoms with Gasteiger partial charge in [0.05, 0.1) is 4.90 Å². The zero-order valence-corrected chi connectivity index (χ0v) is 14.6. The molecule has 24 heavy (non-hydrogen) atoms. The number of nitrogens with one attached hydrogen (secondary N) is 1. The van der Waals surface area contributed by atoms with Crippen LogP contribution in [-0.2, 0) is 26.5 Å². The lowest BCUT2D eigenvalue weighted by Gasteiger charge is -2.08. The number of benzene rings is 2. The fraction of sp³-hybridized carbons (Fsp3) is 0.143. The maximum Gasteiger partial charge on any atom is 0.243 e. The van der Waals surface area contributed by atoms with E-state index in [1.165, 1.54) is 30.3 Å². The third kappa shape index (κ3) is 4.74. The van der Waals surface area contributed by atoms with E-state index in [1.807, 2.05) is 0 Å². The Labute approximate surface area is 144 Å². The van der Waals surface area contributed by atoms with Crippen molar-refractivity contribution in [1.29, 1.82) is 0 Å². The highest BCUT2D eigenvalue weighted by Gasteiger charge is 2.18. The molecule has 0 aliphatic rings. The molecule has 2 aromatic rings. The normalized spacial score (nSPS) is 12.3. The third-order valence-corrected chi connectivity index (χ3v) is 5.80. The minimum absolute atomic E-state index is 0.0130. The first kappa shape index (κ1) is 18.8. The Morgan fingerprint density at radius 3 is 2.21 bits per heavy atom. The third-order valence-electron chi connectivity index (χ3n) is 3.14. The summed E-state index contributed by atoms with van der Waals surface area (Å²) in [5, 5.41) is 5.09. The summed E-state index contributed by atoms with van der Waals surface area (Å²) < 4.78 is 62.3. The zero-order chi connectivity index (χ0) is 18.0. The average Bonchev–Trinajstić information content (AvgIpc) is 2.46. The van der Waals surface area contributed by atoms with Crippen LogP contribution >= 0.6 is 11.6 Å². The molecule has 0 radical (unpaired) electrons. The molecule has 0 atom stereocenters. The highest BCUT2D eigenvalue weighted by Crippen LogP contribution is 2.18. The van der Waals surface area contributed by atoms with Gasteiger partial charge in [-0.2, -0.15) is 0 Å². The van der Waals surface area contributed by atoms with Gasteiger partial charge in [0.2, 0.25) is 20.0 Å². The van der Waals surface area contributed by atoms with Gasteiger partial charge in [0.15, 0.2) is 0 Å².